The van der Waals surface area contributed by atoms with Crippen molar-refractivity contribution in [2.24, 2.45) is 0 Å². The molecule has 0 radical (unpaired) electrons. The van der Waals surface area contributed by atoms with Crippen LogP contribution in [0.5, 0.6) is 0 Å². The number of amides is 1. The Labute approximate surface area is 109 Å². The largest absolute Gasteiger partial charge is 0.478 e. The van der Waals surface area contributed by atoms with Gasteiger partial charge in [-0.25, -0.2) is 9.78 Å². The first kappa shape index (κ1) is 12.8. The maximum atomic E-state index is 11.8. The lowest BCUT2D eigenvalue weighted by molar-refractivity contribution is -0.133. The predicted molar refractivity (Wildman–Crippen MR) is 68.8 cm³/mol. The third-order valence-electron chi connectivity index (χ3n) is 3.04. The number of aliphatic carboxylic acids is 1. The molecule has 0 saturated heterocycles. The number of carbonyl (C=O) groups is 2. The number of nitrogens with one attached hydrogen (secondary N) is 1. The van der Waals surface area contributed by atoms with Gasteiger partial charge in [-0.05, 0) is 33.1 Å². The molecule has 2 rings (SSSR count). The van der Waals surface area contributed by atoms with Crippen molar-refractivity contribution in [3.05, 3.63) is 21.7 Å². The van der Waals surface area contributed by atoms with Gasteiger partial charge in [0.2, 0.25) is 0 Å². The predicted octanol–water partition coefficient (Wildman–Crippen LogP) is 1.99. The van der Waals surface area contributed by atoms with Crippen LogP contribution in [0.15, 0.2) is 11.1 Å². The van der Waals surface area contributed by atoms with Gasteiger partial charge in [0, 0.05) is 16.0 Å². The zero-order valence-electron chi connectivity index (χ0n) is 10.2. The SMILES string of the molecule is CC(C(=O)O)=C(C)C(=O)Nc1nc2c(s1)CCC2. The van der Waals surface area contributed by atoms with E-state index in [-0.39, 0.29) is 11.1 Å². The first-order valence-corrected chi connectivity index (χ1v) is 6.51. The minimum Gasteiger partial charge on any atom is -0.478 e. The molecule has 1 amide bonds. The molecule has 1 aromatic rings. The molecule has 1 aliphatic rings. The average molecular weight is 266 g/mol. The Hall–Kier alpha value is -1.69. The molecule has 0 unspecified atom stereocenters. The van der Waals surface area contributed by atoms with Gasteiger partial charge in [-0.1, -0.05) is 0 Å². The van der Waals surface area contributed by atoms with Crippen LogP contribution in [0.1, 0.15) is 30.8 Å². The standard InChI is InChI=1S/C12H14N2O3S/c1-6(7(2)11(16)17)10(15)14-12-13-8-4-3-5-9(8)18-12/h3-5H2,1-2H3,(H,16,17)(H,13,14,15). The molecule has 0 bridgehead atoms. The first-order chi connectivity index (χ1) is 8.49. The van der Waals surface area contributed by atoms with E-state index < -0.39 is 11.9 Å². The van der Waals surface area contributed by atoms with E-state index in [0.717, 1.165) is 25.0 Å². The lowest BCUT2D eigenvalue weighted by Crippen LogP contribution is -2.16. The number of anilines is 1. The third kappa shape index (κ3) is 2.43. The second kappa shape index (κ2) is 4.89. The number of hydrogen-bond donors (Lipinski definition) is 2. The van der Waals surface area contributed by atoms with Crippen molar-refractivity contribution in [2.75, 3.05) is 5.32 Å². The van der Waals surface area contributed by atoms with Gasteiger partial charge in [0.1, 0.15) is 0 Å². The molecule has 5 nitrogen and oxygen atoms in total. The van der Waals surface area contributed by atoms with E-state index in [1.165, 1.54) is 30.1 Å². The molecule has 0 fully saturated rings. The van der Waals surface area contributed by atoms with E-state index >= 15 is 0 Å². The van der Waals surface area contributed by atoms with Crippen molar-refractivity contribution in [1.29, 1.82) is 0 Å². The van der Waals surface area contributed by atoms with E-state index in [1.54, 1.807) is 0 Å². The Balaban J connectivity index is 2.12. The highest BCUT2D eigenvalue weighted by atomic mass is 32.1. The van der Waals surface area contributed by atoms with Gasteiger partial charge >= 0.3 is 5.97 Å². The van der Waals surface area contributed by atoms with E-state index in [1.807, 2.05) is 0 Å². The van der Waals surface area contributed by atoms with Crippen LogP contribution < -0.4 is 5.32 Å². The second-order valence-electron chi connectivity index (χ2n) is 4.25. The van der Waals surface area contributed by atoms with E-state index in [0.29, 0.717) is 5.13 Å². The van der Waals surface area contributed by atoms with Gasteiger partial charge in [-0.15, -0.1) is 11.3 Å². The maximum Gasteiger partial charge on any atom is 0.331 e. The topological polar surface area (TPSA) is 79.3 Å². The minimum absolute atomic E-state index is 0.0524. The lowest BCUT2D eigenvalue weighted by Gasteiger charge is -2.03. The number of thiazole rings is 1. The summed E-state index contributed by atoms with van der Waals surface area (Å²) >= 11 is 1.47. The fourth-order valence-electron chi connectivity index (χ4n) is 1.77. The Bertz CT molecular complexity index is 524. The minimum atomic E-state index is -1.08. The molecule has 2 N–H and O–H groups in total. The van der Waals surface area contributed by atoms with Crippen LogP contribution in [0.25, 0.3) is 0 Å². The Morgan fingerprint density at radius 2 is 2.00 bits per heavy atom. The number of nitrogens with zero attached hydrogens (tertiary/aromatic N) is 1. The average Bonchev–Trinajstić information content (AvgIpc) is 2.87. The van der Waals surface area contributed by atoms with E-state index in [4.69, 9.17) is 5.11 Å². The number of rotatable bonds is 3. The Kier molecular flexibility index (Phi) is 3.47. The van der Waals surface area contributed by atoms with E-state index in [9.17, 15) is 9.59 Å². The molecule has 0 aromatic carbocycles. The summed E-state index contributed by atoms with van der Waals surface area (Å²) in [4.78, 5) is 28.1. The summed E-state index contributed by atoms with van der Waals surface area (Å²) in [5, 5.41) is 12.0. The van der Waals surface area contributed by atoms with Crippen LogP contribution >= 0.6 is 11.3 Å². The maximum absolute atomic E-state index is 11.8. The highest BCUT2D eigenvalue weighted by Crippen LogP contribution is 2.30. The fraction of sp³-hybridized carbons (Fsp3) is 0.417. The smallest absolute Gasteiger partial charge is 0.331 e. The number of carboxylic acids is 1. The molecule has 18 heavy (non-hydrogen) atoms. The Morgan fingerprint density at radius 1 is 1.28 bits per heavy atom. The summed E-state index contributed by atoms with van der Waals surface area (Å²) in [6, 6.07) is 0. The highest BCUT2D eigenvalue weighted by Gasteiger charge is 2.19. The molecule has 1 aliphatic carbocycles. The molecular weight excluding hydrogens is 252 g/mol. The summed E-state index contributed by atoms with van der Waals surface area (Å²) in [7, 11) is 0. The van der Waals surface area contributed by atoms with Crippen molar-refractivity contribution in [3.8, 4) is 0 Å². The molecule has 0 saturated carbocycles. The van der Waals surface area contributed by atoms with Crippen molar-refractivity contribution in [3.63, 3.8) is 0 Å². The first-order valence-electron chi connectivity index (χ1n) is 5.69. The van der Waals surface area contributed by atoms with Crippen LogP contribution in [-0.4, -0.2) is 22.0 Å². The van der Waals surface area contributed by atoms with Crippen LogP contribution in [0.3, 0.4) is 0 Å². The Morgan fingerprint density at radius 3 is 2.61 bits per heavy atom. The summed E-state index contributed by atoms with van der Waals surface area (Å²) in [5.41, 5.74) is 1.32. The molecule has 1 aromatic heterocycles. The van der Waals surface area contributed by atoms with Crippen LogP contribution in [0.4, 0.5) is 5.13 Å². The van der Waals surface area contributed by atoms with Gasteiger partial charge in [0.25, 0.3) is 5.91 Å². The second-order valence-corrected chi connectivity index (χ2v) is 5.34. The summed E-state index contributed by atoms with van der Waals surface area (Å²) in [5.74, 6) is -1.48. The molecule has 1 heterocycles. The van der Waals surface area contributed by atoms with Gasteiger partial charge in [0.15, 0.2) is 5.13 Å². The quantitative estimate of drug-likeness (QED) is 0.820. The summed E-state index contributed by atoms with van der Waals surface area (Å²) < 4.78 is 0. The van der Waals surface area contributed by atoms with Crippen molar-refractivity contribution < 1.29 is 14.7 Å². The van der Waals surface area contributed by atoms with Crippen molar-refractivity contribution in [1.82, 2.24) is 4.98 Å². The number of hydrogen-bond acceptors (Lipinski definition) is 4. The normalized spacial score (nSPS) is 15.0. The lowest BCUT2D eigenvalue weighted by atomic mass is 10.1. The number of carboxylic acid groups (broad SMARTS) is 1. The van der Waals surface area contributed by atoms with Gasteiger partial charge < -0.3 is 5.11 Å². The summed E-state index contributed by atoms with van der Waals surface area (Å²) in [6.07, 6.45) is 3.11. The van der Waals surface area contributed by atoms with Crippen LogP contribution in [0.2, 0.25) is 0 Å². The number of aryl methyl sites for hydroxylation is 2. The zero-order chi connectivity index (χ0) is 13.3. The van der Waals surface area contributed by atoms with Crippen molar-refractivity contribution >= 4 is 28.3 Å². The molecule has 0 atom stereocenters. The van der Waals surface area contributed by atoms with Crippen LogP contribution in [0, 0.1) is 0 Å². The number of fused-ring (bicyclic) bond motifs is 1. The molecular formula is C12H14N2O3S. The monoisotopic (exact) mass is 266 g/mol. The van der Waals surface area contributed by atoms with Gasteiger partial charge in [-0.3, -0.25) is 10.1 Å². The molecule has 96 valence electrons. The fourth-order valence-corrected chi connectivity index (χ4v) is 2.81. The molecule has 0 spiro atoms. The van der Waals surface area contributed by atoms with Crippen LogP contribution in [-0.2, 0) is 22.4 Å². The van der Waals surface area contributed by atoms with Crippen molar-refractivity contribution in [2.45, 2.75) is 33.1 Å². The van der Waals surface area contributed by atoms with Gasteiger partial charge in [0.05, 0.1) is 5.69 Å². The molecule has 0 aliphatic heterocycles. The van der Waals surface area contributed by atoms with E-state index in [2.05, 4.69) is 10.3 Å². The zero-order valence-corrected chi connectivity index (χ0v) is 11.1. The summed E-state index contributed by atoms with van der Waals surface area (Å²) in [6.45, 7) is 2.92. The number of aromatic nitrogens is 1. The van der Waals surface area contributed by atoms with Gasteiger partial charge in [-0.2, -0.15) is 0 Å². The number of carbonyl (C=O) groups excluding carboxylic acids is 1. The molecule has 6 heteroatoms. The highest BCUT2D eigenvalue weighted by molar-refractivity contribution is 7.15. The third-order valence-corrected chi connectivity index (χ3v) is 4.11.